The molecule has 10 nitrogen and oxygen atoms in total. The molecule has 3 aromatic carbocycles. The third-order valence-electron chi connectivity index (χ3n) is 7.86. The average molecular weight is 724 g/mol. The number of unbranched alkanes of at least 4 members (excludes halogenated alkanes) is 3. The van der Waals surface area contributed by atoms with E-state index < -0.39 is 16.4 Å². The van der Waals surface area contributed by atoms with E-state index >= 15 is 0 Å². The molecule has 50 heavy (non-hydrogen) atoms. The standard InChI is InChI=1S/C37H39ClFN3O7S/c1-50(45,46)17-6-4-11-29-13-15-34(49-29)31-20-30-33(21-36(31)47-16-5-2-3-10-28(44)22-43)40-24-41-37(30)42-27-12-14-35(32(38)19-27)48-23-25-8-7-9-26(39)18-25/h7-9,12-15,18-21,24,43H,2-6,10-11,16-17,22-23H2,1H3,(H,40,41,42). The smallest absolute Gasteiger partial charge is 0.158 e. The van der Waals surface area contributed by atoms with E-state index in [1.807, 2.05) is 24.3 Å². The summed E-state index contributed by atoms with van der Waals surface area (Å²) in [7, 11) is -3.03. The van der Waals surface area contributed by atoms with Crippen LogP contribution in [0, 0.1) is 5.82 Å². The van der Waals surface area contributed by atoms with Gasteiger partial charge >= 0.3 is 0 Å². The second-order valence-electron chi connectivity index (χ2n) is 12.0. The molecule has 2 N–H and O–H groups in total. The molecule has 2 heterocycles. The second-order valence-corrected chi connectivity index (χ2v) is 14.7. The molecule has 0 atom stereocenters. The third-order valence-corrected chi connectivity index (χ3v) is 9.19. The Balaban J connectivity index is 1.35. The molecular weight excluding hydrogens is 685 g/mol. The molecule has 5 aromatic rings. The van der Waals surface area contributed by atoms with Gasteiger partial charge in [0.15, 0.2) is 5.78 Å². The number of Topliss-reactive ketones (excluding diaryl/α,β-unsaturated/α-hetero) is 1. The lowest BCUT2D eigenvalue weighted by Gasteiger charge is -2.15. The number of hydrogen-bond acceptors (Lipinski definition) is 10. The van der Waals surface area contributed by atoms with Crippen LogP contribution < -0.4 is 14.8 Å². The predicted molar refractivity (Wildman–Crippen MR) is 191 cm³/mol. The van der Waals surface area contributed by atoms with Gasteiger partial charge in [-0.05, 0) is 86.2 Å². The van der Waals surface area contributed by atoms with Gasteiger partial charge in [0.05, 0.1) is 22.7 Å². The normalized spacial score (nSPS) is 11.5. The summed E-state index contributed by atoms with van der Waals surface area (Å²) in [6.07, 6.45) is 6.95. The number of benzene rings is 3. The van der Waals surface area contributed by atoms with Gasteiger partial charge in [-0.2, -0.15) is 0 Å². The highest BCUT2D eigenvalue weighted by Gasteiger charge is 2.17. The number of halogens is 2. The number of aliphatic hydroxyl groups excluding tert-OH is 1. The molecule has 0 fully saturated rings. The van der Waals surface area contributed by atoms with Gasteiger partial charge in [0, 0.05) is 42.0 Å². The first-order chi connectivity index (χ1) is 24.1. The van der Waals surface area contributed by atoms with Gasteiger partial charge in [0.25, 0.3) is 0 Å². The highest BCUT2D eigenvalue weighted by Crippen LogP contribution is 2.38. The number of aromatic nitrogens is 2. The van der Waals surface area contributed by atoms with Crippen molar-refractivity contribution in [3.05, 3.63) is 95.2 Å². The fraction of sp³-hybridized carbons (Fsp3) is 0.324. The zero-order chi connectivity index (χ0) is 35.5. The Morgan fingerprint density at radius 2 is 1.82 bits per heavy atom. The average Bonchev–Trinajstić information content (AvgIpc) is 3.56. The Kier molecular flexibility index (Phi) is 12.8. The van der Waals surface area contributed by atoms with Crippen molar-refractivity contribution < 1.29 is 36.6 Å². The van der Waals surface area contributed by atoms with Crippen molar-refractivity contribution in [1.82, 2.24) is 9.97 Å². The zero-order valence-corrected chi connectivity index (χ0v) is 29.2. The molecule has 264 valence electrons. The predicted octanol–water partition coefficient (Wildman–Crippen LogP) is 7.87. The highest BCUT2D eigenvalue weighted by atomic mass is 35.5. The first-order valence-corrected chi connectivity index (χ1v) is 18.8. The topological polar surface area (TPSA) is 141 Å². The number of carbonyl (C=O) groups is 1. The quantitative estimate of drug-likeness (QED) is 0.0809. The SMILES string of the molecule is CS(=O)(=O)CCCCc1ccc(-c2cc3c(Nc4ccc(OCc5cccc(F)c5)c(Cl)c4)ncnc3cc2OCCCCCC(=O)CO)o1. The van der Waals surface area contributed by atoms with Crippen LogP contribution in [0.1, 0.15) is 49.8 Å². The lowest BCUT2D eigenvalue weighted by molar-refractivity contribution is -0.121. The van der Waals surface area contributed by atoms with Crippen LogP contribution in [0.25, 0.3) is 22.2 Å². The number of aryl methyl sites for hydroxylation is 1. The highest BCUT2D eigenvalue weighted by molar-refractivity contribution is 7.90. The molecule has 0 saturated carbocycles. The van der Waals surface area contributed by atoms with E-state index in [4.69, 9.17) is 30.6 Å². The molecule has 5 rings (SSSR count). The summed E-state index contributed by atoms with van der Waals surface area (Å²) in [5.74, 6) is 2.45. The molecule has 0 aliphatic carbocycles. The van der Waals surface area contributed by atoms with Crippen LogP contribution in [0.5, 0.6) is 11.5 Å². The molecule has 13 heteroatoms. The lowest BCUT2D eigenvalue weighted by Crippen LogP contribution is -2.04. The van der Waals surface area contributed by atoms with Gasteiger partial charge in [-0.3, -0.25) is 4.79 Å². The summed E-state index contributed by atoms with van der Waals surface area (Å²) < 4.78 is 54.9. The van der Waals surface area contributed by atoms with Crippen LogP contribution >= 0.6 is 11.6 Å². The Hall–Kier alpha value is -4.52. The number of hydrogen-bond donors (Lipinski definition) is 2. The summed E-state index contributed by atoms with van der Waals surface area (Å²) in [5.41, 5.74) is 2.65. The molecule has 0 aliphatic heterocycles. The van der Waals surface area contributed by atoms with Crippen molar-refractivity contribution in [2.24, 2.45) is 0 Å². The van der Waals surface area contributed by atoms with Crippen LogP contribution in [0.3, 0.4) is 0 Å². The van der Waals surface area contributed by atoms with E-state index in [9.17, 15) is 17.6 Å². The third kappa shape index (κ3) is 10.7. The van der Waals surface area contributed by atoms with Gasteiger partial charge in [-0.25, -0.2) is 22.8 Å². The molecule has 0 saturated heterocycles. The molecule has 0 spiro atoms. The Labute approximate surface area is 295 Å². The summed E-state index contributed by atoms with van der Waals surface area (Å²) in [6, 6.07) is 18.9. The summed E-state index contributed by atoms with van der Waals surface area (Å²) >= 11 is 6.55. The van der Waals surface area contributed by atoms with Gasteiger partial charge in [-0.15, -0.1) is 0 Å². The van der Waals surface area contributed by atoms with E-state index in [2.05, 4.69) is 15.3 Å². The maximum Gasteiger partial charge on any atom is 0.158 e. The number of nitrogens with zero attached hydrogens (tertiary/aromatic N) is 2. The van der Waals surface area contributed by atoms with Gasteiger partial charge < -0.3 is 24.3 Å². The lowest BCUT2D eigenvalue weighted by atomic mass is 10.1. The van der Waals surface area contributed by atoms with E-state index in [1.54, 1.807) is 30.3 Å². The van der Waals surface area contributed by atoms with Crippen molar-refractivity contribution in [1.29, 1.82) is 0 Å². The van der Waals surface area contributed by atoms with E-state index in [0.717, 1.165) is 12.2 Å². The molecule has 0 aliphatic rings. The van der Waals surface area contributed by atoms with Crippen molar-refractivity contribution >= 4 is 49.6 Å². The fourth-order valence-corrected chi connectivity index (χ4v) is 6.26. The summed E-state index contributed by atoms with van der Waals surface area (Å²) in [5, 5.41) is 13.3. The monoisotopic (exact) mass is 723 g/mol. The number of furan rings is 1. The molecule has 0 amide bonds. The minimum atomic E-state index is -3.03. The first-order valence-electron chi connectivity index (χ1n) is 16.3. The maximum absolute atomic E-state index is 13.6. The number of ketones is 1. The van der Waals surface area contributed by atoms with Crippen LogP contribution in [0.15, 0.2) is 77.5 Å². The van der Waals surface area contributed by atoms with E-state index in [-0.39, 0.29) is 24.0 Å². The summed E-state index contributed by atoms with van der Waals surface area (Å²) in [6.45, 7) is 0.114. The molecule has 0 bridgehead atoms. The number of fused-ring (bicyclic) bond motifs is 1. The largest absolute Gasteiger partial charge is 0.493 e. The number of nitrogens with one attached hydrogen (secondary N) is 1. The number of aliphatic hydroxyl groups is 1. The number of sulfone groups is 1. The van der Waals surface area contributed by atoms with Crippen molar-refractivity contribution in [2.45, 2.75) is 51.6 Å². The first kappa shape index (κ1) is 36.8. The zero-order valence-electron chi connectivity index (χ0n) is 27.7. The van der Waals surface area contributed by atoms with E-state index in [1.165, 1.54) is 24.7 Å². The van der Waals surface area contributed by atoms with Gasteiger partial charge in [0.2, 0.25) is 0 Å². The van der Waals surface area contributed by atoms with Crippen LogP contribution in [-0.2, 0) is 27.7 Å². The maximum atomic E-state index is 13.6. The van der Waals surface area contributed by atoms with Crippen molar-refractivity contribution in [3.8, 4) is 22.8 Å². The molecular formula is C37H39ClFN3O7S. The van der Waals surface area contributed by atoms with Crippen LogP contribution in [0.4, 0.5) is 15.9 Å². The van der Waals surface area contributed by atoms with Crippen molar-refractivity contribution in [2.75, 3.05) is 30.5 Å². The number of ether oxygens (including phenoxy) is 2. The van der Waals surface area contributed by atoms with Crippen LogP contribution in [0.2, 0.25) is 5.02 Å². The number of rotatable bonds is 19. The molecule has 0 radical (unpaired) electrons. The molecule has 2 aromatic heterocycles. The minimum Gasteiger partial charge on any atom is -0.493 e. The van der Waals surface area contributed by atoms with Crippen LogP contribution in [-0.4, -0.2) is 54.5 Å². The van der Waals surface area contributed by atoms with Gasteiger partial charge in [-0.1, -0.05) is 23.7 Å². The Morgan fingerprint density at radius 3 is 2.60 bits per heavy atom. The Morgan fingerprint density at radius 1 is 0.960 bits per heavy atom. The van der Waals surface area contributed by atoms with Gasteiger partial charge in [0.1, 0.15) is 64.0 Å². The molecule has 0 unspecified atom stereocenters. The number of anilines is 2. The Bertz CT molecular complexity index is 2040. The van der Waals surface area contributed by atoms with E-state index in [0.29, 0.717) is 101 Å². The van der Waals surface area contributed by atoms with Crippen molar-refractivity contribution in [3.63, 3.8) is 0 Å². The fourth-order valence-electron chi connectivity index (χ4n) is 5.30. The summed E-state index contributed by atoms with van der Waals surface area (Å²) in [4.78, 5) is 20.4. The number of carbonyl (C=O) groups excluding carboxylic acids is 1. The minimum absolute atomic E-state index is 0.128. The second kappa shape index (κ2) is 17.4.